The monoisotopic (exact) mass is 180 g/mol. The fourth-order valence-electron chi connectivity index (χ4n) is 1.10. The van der Waals surface area contributed by atoms with E-state index in [0.717, 1.165) is 12.0 Å². The first-order valence-electron chi connectivity index (χ1n) is 4.54. The smallest absolute Gasteiger partial charge is 0.216 e. The summed E-state index contributed by atoms with van der Waals surface area (Å²) in [6.45, 7) is 4.60. The molecule has 2 N–H and O–H groups in total. The summed E-state index contributed by atoms with van der Waals surface area (Å²) in [5.74, 6) is 0.711. The van der Waals surface area contributed by atoms with Gasteiger partial charge in [-0.05, 0) is 32.9 Å². The van der Waals surface area contributed by atoms with Crippen LogP contribution < -0.4 is 10.5 Å². The Kier molecular flexibility index (Phi) is 3.71. The van der Waals surface area contributed by atoms with Crippen LogP contribution in [-0.4, -0.2) is 17.6 Å². The van der Waals surface area contributed by atoms with Crippen LogP contribution in [0.3, 0.4) is 0 Å². The lowest BCUT2D eigenvalue weighted by Gasteiger charge is -2.11. The molecule has 0 aromatic carbocycles. The van der Waals surface area contributed by atoms with Gasteiger partial charge in [0.1, 0.15) is 0 Å². The van der Waals surface area contributed by atoms with Gasteiger partial charge in [0, 0.05) is 11.8 Å². The fraction of sp³-hybridized carbons (Fsp3) is 0.500. The molecule has 13 heavy (non-hydrogen) atoms. The Labute approximate surface area is 78.9 Å². The van der Waals surface area contributed by atoms with Crippen LogP contribution >= 0.6 is 0 Å². The first kappa shape index (κ1) is 9.99. The van der Waals surface area contributed by atoms with Crippen LogP contribution in [0, 0.1) is 0 Å². The van der Waals surface area contributed by atoms with Crippen molar-refractivity contribution in [1.82, 2.24) is 4.98 Å². The van der Waals surface area contributed by atoms with E-state index in [1.807, 2.05) is 26.0 Å². The van der Waals surface area contributed by atoms with E-state index in [1.165, 1.54) is 0 Å². The third-order valence-electron chi connectivity index (χ3n) is 1.61. The Morgan fingerprint density at radius 3 is 2.92 bits per heavy atom. The van der Waals surface area contributed by atoms with Gasteiger partial charge in [0.2, 0.25) is 5.88 Å². The zero-order valence-electron chi connectivity index (χ0n) is 8.16. The van der Waals surface area contributed by atoms with E-state index in [2.05, 4.69) is 4.98 Å². The molecule has 1 heterocycles. The number of aromatic nitrogens is 1. The minimum atomic E-state index is 0.159. The van der Waals surface area contributed by atoms with Crippen molar-refractivity contribution < 1.29 is 4.74 Å². The summed E-state index contributed by atoms with van der Waals surface area (Å²) < 4.78 is 5.53. The Hall–Kier alpha value is -1.09. The van der Waals surface area contributed by atoms with E-state index in [-0.39, 0.29) is 6.10 Å². The summed E-state index contributed by atoms with van der Waals surface area (Å²) in [5, 5.41) is 0. The van der Waals surface area contributed by atoms with Gasteiger partial charge in [-0.1, -0.05) is 6.07 Å². The highest BCUT2D eigenvalue weighted by molar-refractivity contribution is 5.25. The lowest BCUT2D eigenvalue weighted by molar-refractivity contribution is 0.230. The molecule has 0 aliphatic heterocycles. The molecular weight excluding hydrogens is 164 g/mol. The molecule has 0 bridgehead atoms. The zero-order valence-corrected chi connectivity index (χ0v) is 8.16. The minimum Gasteiger partial charge on any atom is -0.475 e. The standard InChI is InChI=1S/C10H16N2O/c1-8(2)13-10-9(5-6-11)4-3-7-12-10/h3-4,7-8H,5-6,11H2,1-2H3. The molecule has 0 amide bonds. The number of rotatable bonds is 4. The molecule has 0 atom stereocenters. The first-order chi connectivity index (χ1) is 6.24. The molecule has 1 aromatic heterocycles. The summed E-state index contributed by atoms with van der Waals surface area (Å²) in [7, 11) is 0. The van der Waals surface area contributed by atoms with Crippen molar-refractivity contribution in [3.05, 3.63) is 23.9 Å². The van der Waals surface area contributed by atoms with Crippen LogP contribution in [0.5, 0.6) is 5.88 Å². The van der Waals surface area contributed by atoms with Gasteiger partial charge in [-0.25, -0.2) is 4.98 Å². The number of pyridine rings is 1. The van der Waals surface area contributed by atoms with Crippen LogP contribution in [0.2, 0.25) is 0 Å². The number of ether oxygens (including phenoxy) is 1. The van der Waals surface area contributed by atoms with Gasteiger partial charge >= 0.3 is 0 Å². The van der Waals surface area contributed by atoms with E-state index >= 15 is 0 Å². The van der Waals surface area contributed by atoms with Gasteiger partial charge in [-0.2, -0.15) is 0 Å². The summed E-state index contributed by atoms with van der Waals surface area (Å²) in [6, 6.07) is 3.90. The Morgan fingerprint density at radius 1 is 1.54 bits per heavy atom. The fourth-order valence-corrected chi connectivity index (χ4v) is 1.10. The summed E-state index contributed by atoms with van der Waals surface area (Å²) in [4.78, 5) is 4.16. The number of hydrogen-bond donors (Lipinski definition) is 1. The Morgan fingerprint density at radius 2 is 2.31 bits per heavy atom. The highest BCUT2D eigenvalue weighted by atomic mass is 16.5. The van der Waals surface area contributed by atoms with Crippen LogP contribution in [-0.2, 0) is 6.42 Å². The topological polar surface area (TPSA) is 48.1 Å². The van der Waals surface area contributed by atoms with Gasteiger partial charge in [0.05, 0.1) is 6.10 Å². The highest BCUT2D eigenvalue weighted by Crippen LogP contribution is 2.15. The van der Waals surface area contributed by atoms with Crippen molar-refractivity contribution in [3.8, 4) is 5.88 Å². The molecular formula is C10H16N2O. The molecule has 0 saturated heterocycles. The summed E-state index contributed by atoms with van der Waals surface area (Å²) in [6.07, 6.45) is 2.71. The van der Waals surface area contributed by atoms with Crippen molar-refractivity contribution in [1.29, 1.82) is 0 Å². The second-order valence-electron chi connectivity index (χ2n) is 3.17. The number of hydrogen-bond acceptors (Lipinski definition) is 3. The Bertz CT molecular complexity index is 261. The lowest BCUT2D eigenvalue weighted by atomic mass is 10.2. The van der Waals surface area contributed by atoms with Crippen LogP contribution in [0.15, 0.2) is 18.3 Å². The van der Waals surface area contributed by atoms with Crippen LogP contribution in [0.25, 0.3) is 0 Å². The van der Waals surface area contributed by atoms with Gasteiger partial charge in [-0.3, -0.25) is 0 Å². The minimum absolute atomic E-state index is 0.159. The second-order valence-corrected chi connectivity index (χ2v) is 3.17. The van der Waals surface area contributed by atoms with Gasteiger partial charge in [0.15, 0.2) is 0 Å². The molecule has 0 fully saturated rings. The van der Waals surface area contributed by atoms with Crippen LogP contribution in [0.4, 0.5) is 0 Å². The van der Waals surface area contributed by atoms with Crippen molar-refractivity contribution >= 4 is 0 Å². The van der Waals surface area contributed by atoms with Gasteiger partial charge in [-0.15, -0.1) is 0 Å². The highest BCUT2D eigenvalue weighted by Gasteiger charge is 2.04. The van der Waals surface area contributed by atoms with Crippen LogP contribution in [0.1, 0.15) is 19.4 Å². The molecule has 72 valence electrons. The predicted octanol–water partition coefficient (Wildman–Crippen LogP) is 1.37. The molecule has 1 rings (SSSR count). The van der Waals surface area contributed by atoms with Gasteiger partial charge in [0.25, 0.3) is 0 Å². The molecule has 0 aliphatic rings. The van der Waals surface area contributed by atoms with E-state index < -0.39 is 0 Å². The van der Waals surface area contributed by atoms with E-state index in [4.69, 9.17) is 10.5 Å². The molecule has 0 aliphatic carbocycles. The SMILES string of the molecule is CC(C)Oc1ncccc1CCN. The maximum Gasteiger partial charge on any atom is 0.216 e. The summed E-state index contributed by atoms with van der Waals surface area (Å²) in [5.41, 5.74) is 6.56. The number of nitrogens with two attached hydrogens (primary N) is 1. The molecule has 0 spiro atoms. The molecule has 3 nitrogen and oxygen atoms in total. The molecule has 0 radical (unpaired) electrons. The molecule has 0 unspecified atom stereocenters. The summed E-state index contributed by atoms with van der Waals surface area (Å²) >= 11 is 0. The average molecular weight is 180 g/mol. The predicted molar refractivity (Wildman–Crippen MR) is 52.8 cm³/mol. The third-order valence-corrected chi connectivity index (χ3v) is 1.61. The largest absolute Gasteiger partial charge is 0.475 e. The lowest BCUT2D eigenvalue weighted by Crippen LogP contribution is -2.11. The molecule has 3 heteroatoms. The zero-order chi connectivity index (χ0) is 9.68. The average Bonchev–Trinajstić information content (AvgIpc) is 2.08. The van der Waals surface area contributed by atoms with Crippen molar-refractivity contribution in [2.45, 2.75) is 26.4 Å². The maximum absolute atomic E-state index is 5.53. The van der Waals surface area contributed by atoms with Crippen molar-refractivity contribution in [3.63, 3.8) is 0 Å². The maximum atomic E-state index is 5.53. The van der Waals surface area contributed by atoms with E-state index in [1.54, 1.807) is 6.20 Å². The third kappa shape index (κ3) is 3.03. The second kappa shape index (κ2) is 4.82. The normalized spacial score (nSPS) is 10.5. The van der Waals surface area contributed by atoms with E-state index in [0.29, 0.717) is 12.4 Å². The quantitative estimate of drug-likeness (QED) is 0.761. The number of nitrogens with zero attached hydrogens (tertiary/aromatic N) is 1. The Balaban J connectivity index is 2.78. The molecule has 0 saturated carbocycles. The first-order valence-corrected chi connectivity index (χ1v) is 4.54. The van der Waals surface area contributed by atoms with Gasteiger partial charge < -0.3 is 10.5 Å². The van der Waals surface area contributed by atoms with Crippen molar-refractivity contribution in [2.24, 2.45) is 5.73 Å². The van der Waals surface area contributed by atoms with E-state index in [9.17, 15) is 0 Å². The van der Waals surface area contributed by atoms with Crippen molar-refractivity contribution in [2.75, 3.05) is 6.54 Å². The molecule has 1 aromatic rings.